The van der Waals surface area contributed by atoms with Gasteiger partial charge >= 0.3 is 6.18 Å². The van der Waals surface area contributed by atoms with Crippen molar-refractivity contribution in [2.24, 2.45) is 5.92 Å². The first-order valence-electron chi connectivity index (χ1n) is 9.15. The summed E-state index contributed by atoms with van der Waals surface area (Å²) in [6.45, 7) is 3.02. The molecule has 0 bridgehead atoms. The van der Waals surface area contributed by atoms with E-state index in [0.29, 0.717) is 25.2 Å². The summed E-state index contributed by atoms with van der Waals surface area (Å²) in [5.41, 5.74) is 0.650. The summed E-state index contributed by atoms with van der Waals surface area (Å²) in [6, 6.07) is 10.0. The number of likely N-dealkylation sites (tertiary alicyclic amines) is 1. The van der Waals surface area contributed by atoms with Gasteiger partial charge in [-0.15, -0.1) is 0 Å². The van der Waals surface area contributed by atoms with E-state index >= 15 is 0 Å². The number of halogens is 3. The predicted molar refractivity (Wildman–Crippen MR) is 111 cm³/mol. The molecule has 1 fully saturated rings. The van der Waals surface area contributed by atoms with Crippen molar-refractivity contribution in [3.8, 4) is 5.75 Å². The Labute approximate surface area is 179 Å². The Morgan fingerprint density at radius 3 is 2.63 bits per heavy atom. The molecule has 1 heterocycles. The lowest BCUT2D eigenvalue weighted by molar-refractivity contribution is -0.137. The van der Waals surface area contributed by atoms with Crippen LogP contribution >= 0.6 is 13.5 Å². The molecule has 3 rings (SSSR count). The maximum atomic E-state index is 12.8. The molecule has 9 heteroatoms. The van der Waals surface area contributed by atoms with Gasteiger partial charge in [0.2, 0.25) is 5.91 Å². The van der Waals surface area contributed by atoms with Crippen molar-refractivity contribution in [1.82, 2.24) is 10.2 Å². The molecular weight excluding hydrogens is 417 g/mol. The van der Waals surface area contributed by atoms with E-state index in [1.54, 1.807) is 4.90 Å². The number of hydrogen-bond acceptors (Lipinski definition) is 3. The van der Waals surface area contributed by atoms with Crippen LogP contribution in [0.25, 0.3) is 0 Å². The molecule has 1 aliphatic heterocycles. The SMILES string of the molecule is Cc1cccc(CN2C[C@H](CNC(=O)c3cc(C(F)(F)F)ccc3O)CC2=O)c1.S. The monoisotopic (exact) mass is 440 g/mol. The Morgan fingerprint density at radius 2 is 1.97 bits per heavy atom. The van der Waals surface area contributed by atoms with Gasteiger partial charge in [0.15, 0.2) is 0 Å². The maximum absolute atomic E-state index is 12.8. The van der Waals surface area contributed by atoms with Crippen LogP contribution in [0.3, 0.4) is 0 Å². The van der Waals surface area contributed by atoms with Gasteiger partial charge in [-0.05, 0) is 30.7 Å². The molecule has 0 unspecified atom stereocenters. The summed E-state index contributed by atoms with van der Waals surface area (Å²) in [4.78, 5) is 26.2. The highest BCUT2D eigenvalue weighted by atomic mass is 32.1. The maximum Gasteiger partial charge on any atom is 0.416 e. The Kier molecular flexibility index (Phi) is 7.41. The zero-order chi connectivity index (χ0) is 21.2. The third-order valence-corrected chi connectivity index (χ3v) is 4.87. The molecule has 1 aliphatic rings. The predicted octanol–water partition coefficient (Wildman–Crippen LogP) is 3.61. The minimum Gasteiger partial charge on any atom is -0.507 e. The highest BCUT2D eigenvalue weighted by Crippen LogP contribution is 2.32. The van der Waals surface area contributed by atoms with Gasteiger partial charge in [-0.1, -0.05) is 29.8 Å². The van der Waals surface area contributed by atoms with Gasteiger partial charge in [0.05, 0.1) is 11.1 Å². The normalized spacial score (nSPS) is 16.3. The molecule has 1 atom stereocenters. The average Bonchev–Trinajstić information content (AvgIpc) is 2.98. The number of aromatic hydroxyl groups is 1. The van der Waals surface area contributed by atoms with E-state index in [0.717, 1.165) is 17.2 Å². The van der Waals surface area contributed by atoms with Crippen LogP contribution in [0.4, 0.5) is 13.2 Å². The fraction of sp³-hybridized carbons (Fsp3) is 0.333. The highest BCUT2D eigenvalue weighted by Gasteiger charge is 2.33. The fourth-order valence-electron chi connectivity index (χ4n) is 3.40. The molecule has 2 N–H and O–H groups in total. The minimum absolute atomic E-state index is 0. The minimum atomic E-state index is -4.61. The lowest BCUT2D eigenvalue weighted by Crippen LogP contribution is -2.31. The topological polar surface area (TPSA) is 69.6 Å². The third-order valence-electron chi connectivity index (χ3n) is 4.87. The molecule has 30 heavy (non-hydrogen) atoms. The van der Waals surface area contributed by atoms with Crippen molar-refractivity contribution in [2.75, 3.05) is 13.1 Å². The van der Waals surface area contributed by atoms with Crippen molar-refractivity contribution >= 4 is 25.3 Å². The van der Waals surface area contributed by atoms with Crippen molar-refractivity contribution in [1.29, 1.82) is 0 Å². The molecule has 5 nitrogen and oxygen atoms in total. The zero-order valence-corrected chi connectivity index (χ0v) is 17.3. The number of benzene rings is 2. The summed E-state index contributed by atoms with van der Waals surface area (Å²) < 4.78 is 38.5. The van der Waals surface area contributed by atoms with E-state index in [2.05, 4.69) is 5.32 Å². The molecule has 162 valence electrons. The Bertz CT molecular complexity index is 934. The van der Waals surface area contributed by atoms with Crippen molar-refractivity contribution in [3.05, 3.63) is 64.7 Å². The van der Waals surface area contributed by atoms with E-state index in [1.165, 1.54) is 0 Å². The fourth-order valence-corrected chi connectivity index (χ4v) is 3.40. The van der Waals surface area contributed by atoms with Crippen LogP contribution in [-0.4, -0.2) is 34.9 Å². The smallest absolute Gasteiger partial charge is 0.416 e. The largest absolute Gasteiger partial charge is 0.507 e. The number of hydrogen-bond donors (Lipinski definition) is 2. The van der Waals surface area contributed by atoms with Crippen LogP contribution in [0.2, 0.25) is 0 Å². The number of alkyl halides is 3. The number of rotatable bonds is 5. The summed E-state index contributed by atoms with van der Waals surface area (Å²) in [5.74, 6) is -1.52. The number of phenolic OH excluding ortho intramolecular Hbond substituents is 1. The van der Waals surface area contributed by atoms with Crippen molar-refractivity contribution < 1.29 is 27.9 Å². The van der Waals surface area contributed by atoms with Crippen LogP contribution in [-0.2, 0) is 17.5 Å². The van der Waals surface area contributed by atoms with E-state index in [1.807, 2.05) is 31.2 Å². The quantitative estimate of drug-likeness (QED) is 0.746. The number of phenols is 1. The first-order valence-corrected chi connectivity index (χ1v) is 9.15. The number of aryl methyl sites for hydroxylation is 1. The number of nitrogens with zero attached hydrogens (tertiary/aromatic N) is 1. The molecule has 0 aliphatic carbocycles. The molecule has 0 radical (unpaired) electrons. The summed E-state index contributed by atoms with van der Waals surface area (Å²) >= 11 is 0. The molecule has 0 spiro atoms. The van der Waals surface area contributed by atoms with Gasteiger partial charge in [0.25, 0.3) is 5.91 Å². The van der Waals surface area contributed by atoms with E-state index < -0.39 is 29.0 Å². The highest BCUT2D eigenvalue weighted by molar-refractivity contribution is 7.59. The molecule has 0 aromatic heterocycles. The van der Waals surface area contributed by atoms with Gasteiger partial charge in [-0.25, -0.2) is 0 Å². The molecular formula is C21H23F3N2O3S. The molecule has 2 aromatic rings. The van der Waals surface area contributed by atoms with Crippen LogP contribution < -0.4 is 5.32 Å². The van der Waals surface area contributed by atoms with Crippen LogP contribution in [0, 0.1) is 12.8 Å². The molecule has 0 saturated carbocycles. The van der Waals surface area contributed by atoms with Gasteiger partial charge in [-0.3, -0.25) is 9.59 Å². The number of carbonyl (C=O) groups excluding carboxylic acids is 2. The summed E-state index contributed by atoms with van der Waals surface area (Å²) in [7, 11) is 0. The summed E-state index contributed by atoms with van der Waals surface area (Å²) in [6.07, 6.45) is -4.36. The third kappa shape index (κ3) is 5.69. The zero-order valence-electron chi connectivity index (χ0n) is 16.3. The van der Waals surface area contributed by atoms with Crippen molar-refractivity contribution in [3.63, 3.8) is 0 Å². The second kappa shape index (κ2) is 9.42. The number of amides is 2. The summed E-state index contributed by atoms with van der Waals surface area (Å²) in [5, 5.41) is 12.3. The van der Waals surface area contributed by atoms with Crippen LogP contribution in [0.15, 0.2) is 42.5 Å². The van der Waals surface area contributed by atoms with Crippen LogP contribution in [0.5, 0.6) is 5.75 Å². The van der Waals surface area contributed by atoms with E-state index in [4.69, 9.17) is 0 Å². The van der Waals surface area contributed by atoms with Gasteiger partial charge in [0, 0.05) is 32.0 Å². The van der Waals surface area contributed by atoms with Gasteiger partial charge in [0.1, 0.15) is 5.75 Å². The number of carbonyl (C=O) groups is 2. The standard InChI is InChI=1S/C21H21F3N2O3.H2S/c1-13-3-2-4-14(7-13)11-26-12-15(8-19(26)28)10-25-20(29)17-9-16(21(22,23)24)5-6-18(17)27;/h2-7,9,15,27H,8,10-12H2,1H3,(H,25,29);1H2/t15-;/m0./s1. The lowest BCUT2D eigenvalue weighted by atomic mass is 10.1. The van der Waals surface area contributed by atoms with Crippen LogP contribution in [0.1, 0.15) is 33.5 Å². The first-order chi connectivity index (χ1) is 13.6. The average molecular weight is 440 g/mol. The van der Waals surface area contributed by atoms with Crippen molar-refractivity contribution in [2.45, 2.75) is 26.1 Å². The lowest BCUT2D eigenvalue weighted by Gasteiger charge is -2.17. The molecule has 2 aromatic carbocycles. The Hall–Kier alpha value is -2.68. The number of nitrogens with one attached hydrogen (secondary N) is 1. The van der Waals surface area contributed by atoms with Gasteiger partial charge < -0.3 is 15.3 Å². The Morgan fingerprint density at radius 1 is 1.23 bits per heavy atom. The molecule has 2 amide bonds. The second-order valence-corrected chi connectivity index (χ2v) is 7.27. The van der Waals surface area contributed by atoms with E-state index in [-0.39, 0.29) is 38.3 Å². The second-order valence-electron chi connectivity index (χ2n) is 7.27. The van der Waals surface area contributed by atoms with E-state index in [9.17, 15) is 27.9 Å². The molecule has 1 saturated heterocycles. The first kappa shape index (κ1) is 23.6. The Balaban J connectivity index is 0.00000320. The van der Waals surface area contributed by atoms with Gasteiger partial charge in [-0.2, -0.15) is 26.7 Å².